The highest BCUT2D eigenvalue weighted by molar-refractivity contribution is 5.36. The van der Waals surface area contributed by atoms with Crippen molar-refractivity contribution in [2.45, 2.75) is 75.3 Å². The summed E-state index contributed by atoms with van der Waals surface area (Å²) in [5.41, 5.74) is 10.2. The first kappa shape index (κ1) is 19.4. The molecule has 0 saturated heterocycles. The minimum Gasteiger partial charge on any atom is -0.394 e. The molecule has 0 spiro atoms. The highest BCUT2D eigenvalue weighted by Gasteiger charge is 2.36. The van der Waals surface area contributed by atoms with Crippen LogP contribution in [0.3, 0.4) is 0 Å². The number of nitrogens with two attached hydrogens (primary N) is 1. The summed E-state index contributed by atoms with van der Waals surface area (Å²) in [5.74, 6) is 1.30. The SMILES string of the molecule is N[C@]1(CO)CC[C@H](c2ccc3c(c2)CCC(OCCOCC2CCC2)C3)C1. The van der Waals surface area contributed by atoms with Gasteiger partial charge in [0.25, 0.3) is 0 Å². The van der Waals surface area contributed by atoms with Crippen molar-refractivity contribution < 1.29 is 14.6 Å². The lowest BCUT2D eigenvalue weighted by molar-refractivity contribution is -0.0139. The van der Waals surface area contributed by atoms with Gasteiger partial charge in [0.1, 0.15) is 0 Å². The second-order valence-corrected chi connectivity index (χ2v) is 9.10. The van der Waals surface area contributed by atoms with Crippen molar-refractivity contribution in [3.63, 3.8) is 0 Å². The van der Waals surface area contributed by atoms with Gasteiger partial charge < -0.3 is 20.3 Å². The first-order valence-electron chi connectivity index (χ1n) is 10.9. The van der Waals surface area contributed by atoms with Crippen LogP contribution in [0.5, 0.6) is 0 Å². The second-order valence-electron chi connectivity index (χ2n) is 9.10. The number of rotatable bonds is 8. The molecule has 3 N–H and O–H groups in total. The molecule has 3 aliphatic rings. The van der Waals surface area contributed by atoms with Gasteiger partial charge in [0, 0.05) is 12.1 Å². The molecular weight excluding hydrogens is 338 g/mol. The van der Waals surface area contributed by atoms with Crippen LogP contribution in [0.4, 0.5) is 0 Å². The molecule has 3 atom stereocenters. The standard InChI is InChI=1S/C23H35NO3/c24-23(16-25)9-8-21(14-23)19-4-5-20-13-22(7-6-18(20)12-19)27-11-10-26-15-17-2-1-3-17/h4-5,12,17,21-22,25H,1-3,6-11,13-16,24H2/t21-,22?,23+/m0/s1. The fourth-order valence-electron chi connectivity index (χ4n) is 4.91. The molecule has 0 bridgehead atoms. The van der Waals surface area contributed by atoms with Gasteiger partial charge in [-0.3, -0.25) is 0 Å². The Morgan fingerprint density at radius 3 is 2.74 bits per heavy atom. The molecule has 0 heterocycles. The summed E-state index contributed by atoms with van der Waals surface area (Å²) >= 11 is 0. The van der Waals surface area contributed by atoms with E-state index >= 15 is 0 Å². The number of aliphatic hydroxyl groups is 1. The molecule has 0 aliphatic heterocycles. The number of benzene rings is 1. The fraction of sp³-hybridized carbons (Fsp3) is 0.739. The van der Waals surface area contributed by atoms with Gasteiger partial charge in [0.05, 0.1) is 25.9 Å². The van der Waals surface area contributed by atoms with Crippen molar-refractivity contribution in [2.75, 3.05) is 26.4 Å². The molecule has 1 unspecified atom stereocenters. The van der Waals surface area contributed by atoms with E-state index in [0.717, 1.165) is 57.7 Å². The number of hydrogen-bond donors (Lipinski definition) is 2. The molecule has 0 amide bonds. The Balaban J connectivity index is 1.24. The van der Waals surface area contributed by atoms with E-state index in [9.17, 15) is 5.11 Å². The summed E-state index contributed by atoms with van der Waals surface area (Å²) in [6, 6.07) is 6.96. The van der Waals surface area contributed by atoms with E-state index in [1.165, 1.54) is 36.0 Å². The molecule has 27 heavy (non-hydrogen) atoms. The second kappa shape index (κ2) is 8.60. The number of aliphatic hydroxyl groups excluding tert-OH is 1. The van der Waals surface area contributed by atoms with Crippen molar-refractivity contribution >= 4 is 0 Å². The van der Waals surface area contributed by atoms with Gasteiger partial charge in [-0.2, -0.15) is 0 Å². The third kappa shape index (κ3) is 4.73. The first-order chi connectivity index (χ1) is 13.1. The van der Waals surface area contributed by atoms with Gasteiger partial charge in [0.15, 0.2) is 0 Å². The molecule has 2 fully saturated rings. The minimum atomic E-state index is -0.375. The van der Waals surface area contributed by atoms with E-state index in [0.29, 0.717) is 18.6 Å². The Hall–Kier alpha value is -0.940. The summed E-state index contributed by atoms with van der Waals surface area (Å²) in [7, 11) is 0. The molecular formula is C23H35NO3. The van der Waals surface area contributed by atoms with Crippen molar-refractivity contribution in [2.24, 2.45) is 11.7 Å². The predicted molar refractivity (Wildman–Crippen MR) is 107 cm³/mol. The van der Waals surface area contributed by atoms with Crippen molar-refractivity contribution in [1.29, 1.82) is 0 Å². The van der Waals surface area contributed by atoms with Gasteiger partial charge in [-0.25, -0.2) is 0 Å². The van der Waals surface area contributed by atoms with Crippen LogP contribution in [0.15, 0.2) is 18.2 Å². The molecule has 0 radical (unpaired) electrons. The van der Waals surface area contributed by atoms with Crippen LogP contribution in [0.2, 0.25) is 0 Å². The van der Waals surface area contributed by atoms with Crippen LogP contribution in [0.25, 0.3) is 0 Å². The zero-order valence-corrected chi connectivity index (χ0v) is 16.5. The zero-order chi connectivity index (χ0) is 18.7. The Labute approximate surface area is 163 Å². The summed E-state index contributed by atoms with van der Waals surface area (Å²) in [6.45, 7) is 2.46. The van der Waals surface area contributed by atoms with Crippen LogP contribution in [0, 0.1) is 5.92 Å². The molecule has 150 valence electrons. The first-order valence-corrected chi connectivity index (χ1v) is 10.9. The van der Waals surface area contributed by atoms with E-state index in [2.05, 4.69) is 18.2 Å². The van der Waals surface area contributed by atoms with Gasteiger partial charge in [0.2, 0.25) is 0 Å². The van der Waals surface area contributed by atoms with Crippen LogP contribution in [-0.4, -0.2) is 43.2 Å². The Kier molecular flexibility index (Phi) is 6.18. The smallest absolute Gasteiger partial charge is 0.0704 e. The van der Waals surface area contributed by atoms with Crippen molar-refractivity contribution in [1.82, 2.24) is 0 Å². The van der Waals surface area contributed by atoms with Crippen LogP contribution >= 0.6 is 0 Å². The number of ether oxygens (including phenoxy) is 2. The number of fused-ring (bicyclic) bond motifs is 1. The lowest BCUT2D eigenvalue weighted by Gasteiger charge is -2.27. The van der Waals surface area contributed by atoms with E-state index in [1.54, 1.807) is 0 Å². The molecule has 1 aromatic carbocycles. The third-order valence-corrected chi connectivity index (χ3v) is 7.00. The lowest BCUT2D eigenvalue weighted by Crippen LogP contribution is -2.40. The van der Waals surface area contributed by atoms with E-state index in [1.807, 2.05) is 0 Å². The van der Waals surface area contributed by atoms with E-state index in [-0.39, 0.29) is 12.1 Å². The van der Waals surface area contributed by atoms with Gasteiger partial charge in [-0.05, 0) is 79.9 Å². The Morgan fingerprint density at radius 2 is 2.00 bits per heavy atom. The maximum absolute atomic E-state index is 9.51. The Morgan fingerprint density at radius 1 is 1.11 bits per heavy atom. The monoisotopic (exact) mass is 373 g/mol. The normalized spacial score (nSPS) is 30.9. The molecule has 0 aromatic heterocycles. The van der Waals surface area contributed by atoms with Gasteiger partial charge in [-0.15, -0.1) is 0 Å². The summed E-state index contributed by atoms with van der Waals surface area (Å²) in [6.07, 6.45) is 10.5. The average Bonchev–Trinajstić information content (AvgIpc) is 3.05. The molecule has 4 rings (SSSR count). The quantitative estimate of drug-likeness (QED) is 0.686. The van der Waals surface area contributed by atoms with Crippen LogP contribution in [0.1, 0.15) is 67.6 Å². The lowest BCUT2D eigenvalue weighted by atomic mass is 9.85. The summed E-state index contributed by atoms with van der Waals surface area (Å²) in [4.78, 5) is 0. The maximum Gasteiger partial charge on any atom is 0.0704 e. The number of hydrogen-bond acceptors (Lipinski definition) is 4. The van der Waals surface area contributed by atoms with E-state index in [4.69, 9.17) is 15.2 Å². The van der Waals surface area contributed by atoms with Gasteiger partial charge in [-0.1, -0.05) is 24.6 Å². The molecule has 1 aromatic rings. The van der Waals surface area contributed by atoms with E-state index < -0.39 is 0 Å². The van der Waals surface area contributed by atoms with Crippen LogP contribution in [-0.2, 0) is 22.3 Å². The van der Waals surface area contributed by atoms with Crippen LogP contribution < -0.4 is 5.73 Å². The summed E-state index contributed by atoms with van der Waals surface area (Å²) in [5, 5.41) is 9.51. The van der Waals surface area contributed by atoms with Crippen molar-refractivity contribution in [3.05, 3.63) is 34.9 Å². The Bertz CT molecular complexity index is 630. The summed E-state index contributed by atoms with van der Waals surface area (Å²) < 4.78 is 11.8. The molecule has 4 heteroatoms. The fourth-order valence-corrected chi connectivity index (χ4v) is 4.91. The maximum atomic E-state index is 9.51. The predicted octanol–water partition coefficient (Wildman–Crippen LogP) is 3.33. The highest BCUT2D eigenvalue weighted by atomic mass is 16.5. The molecule has 4 nitrogen and oxygen atoms in total. The average molecular weight is 374 g/mol. The van der Waals surface area contributed by atoms with Crippen molar-refractivity contribution in [3.8, 4) is 0 Å². The number of aryl methyl sites for hydroxylation is 1. The highest BCUT2D eigenvalue weighted by Crippen LogP contribution is 2.40. The minimum absolute atomic E-state index is 0.0951. The molecule has 2 saturated carbocycles. The topological polar surface area (TPSA) is 64.7 Å². The largest absolute Gasteiger partial charge is 0.394 e. The third-order valence-electron chi connectivity index (χ3n) is 7.00. The van der Waals surface area contributed by atoms with Gasteiger partial charge >= 0.3 is 0 Å². The molecule has 3 aliphatic carbocycles. The zero-order valence-electron chi connectivity index (χ0n) is 16.5.